The molecule has 7 nitrogen and oxygen atoms in total. The van der Waals surface area contributed by atoms with Gasteiger partial charge < -0.3 is 5.32 Å². The van der Waals surface area contributed by atoms with E-state index in [4.69, 9.17) is 0 Å². The first-order valence-electron chi connectivity index (χ1n) is 10.4. The van der Waals surface area contributed by atoms with E-state index in [2.05, 4.69) is 10.4 Å². The lowest BCUT2D eigenvalue weighted by Crippen LogP contribution is -2.44. The van der Waals surface area contributed by atoms with Gasteiger partial charge in [0.05, 0.1) is 28.7 Å². The van der Waals surface area contributed by atoms with Crippen LogP contribution >= 0.6 is 0 Å². The molecule has 0 fully saturated rings. The maximum absolute atomic E-state index is 13.2. The number of carbonyl (C=O) groups is 1. The van der Waals surface area contributed by atoms with Crippen LogP contribution < -0.4 is 10.0 Å². The molecule has 3 aromatic rings. The molecule has 1 atom stereocenters. The van der Waals surface area contributed by atoms with Crippen LogP contribution in [0.5, 0.6) is 0 Å². The highest BCUT2D eigenvalue weighted by atomic mass is 32.2. The highest BCUT2D eigenvalue weighted by Crippen LogP contribution is 2.33. The van der Waals surface area contributed by atoms with E-state index in [1.807, 2.05) is 46.7 Å². The van der Waals surface area contributed by atoms with Crippen LogP contribution in [-0.4, -0.2) is 30.1 Å². The fraction of sp³-hybridized carbons (Fsp3) is 0.304. The van der Waals surface area contributed by atoms with E-state index in [0.717, 1.165) is 29.0 Å². The van der Waals surface area contributed by atoms with Crippen LogP contribution in [0.1, 0.15) is 35.0 Å². The number of hydrogen-bond acceptors (Lipinski definition) is 4. The van der Waals surface area contributed by atoms with Crippen molar-refractivity contribution in [1.82, 2.24) is 19.8 Å². The van der Waals surface area contributed by atoms with Gasteiger partial charge in [0, 0.05) is 17.8 Å². The smallest absolute Gasteiger partial charge is 0.351 e. The molecular weight excluding hydrogens is 469 g/mol. The van der Waals surface area contributed by atoms with Gasteiger partial charge >= 0.3 is 6.18 Å². The van der Waals surface area contributed by atoms with Crippen molar-refractivity contribution < 1.29 is 26.4 Å². The largest absolute Gasteiger partial charge is 0.417 e. The summed E-state index contributed by atoms with van der Waals surface area (Å²) in [6, 6.07) is 12.2. The Labute approximate surface area is 196 Å². The summed E-state index contributed by atoms with van der Waals surface area (Å²) in [4.78, 5) is 11.6. The highest BCUT2D eigenvalue weighted by molar-refractivity contribution is 7.89. The third kappa shape index (κ3) is 5.84. The van der Waals surface area contributed by atoms with Crippen LogP contribution in [0, 0.1) is 13.8 Å². The van der Waals surface area contributed by atoms with Gasteiger partial charge in [0.15, 0.2) is 0 Å². The second kappa shape index (κ2) is 9.98. The molecule has 0 bridgehead atoms. The van der Waals surface area contributed by atoms with Gasteiger partial charge in [-0.3, -0.25) is 9.48 Å². The number of nitrogens with one attached hydrogen (secondary N) is 2. The number of alkyl halides is 3. The van der Waals surface area contributed by atoms with Crippen LogP contribution in [0.25, 0.3) is 0 Å². The molecule has 1 heterocycles. The zero-order chi connectivity index (χ0) is 25.1. The third-order valence-corrected chi connectivity index (χ3v) is 6.95. The Morgan fingerprint density at radius 3 is 2.32 bits per heavy atom. The SMILES string of the molecule is Cc1nn(Cc2ccccc2)c(C)c1CNC(=O)[C@H](C)NS(=O)(=O)c1ccccc1C(F)(F)F. The van der Waals surface area contributed by atoms with E-state index in [9.17, 15) is 26.4 Å². The molecule has 2 aromatic carbocycles. The number of nitrogens with zero attached hydrogens (tertiary/aromatic N) is 2. The molecule has 0 radical (unpaired) electrons. The van der Waals surface area contributed by atoms with Gasteiger partial charge in [-0.25, -0.2) is 8.42 Å². The van der Waals surface area contributed by atoms with Gasteiger partial charge in [-0.1, -0.05) is 42.5 Å². The summed E-state index contributed by atoms with van der Waals surface area (Å²) in [6.45, 7) is 5.58. The lowest BCUT2D eigenvalue weighted by molar-refractivity contribution is -0.139. The third-order valence-electron chi connectivity index (χ3n) is 5.35. The Morgan fingerprint density at radius 1 is 1.06 bits per heavy atom. The summed E-state index contributed by atoms with van der Waals surface area (Å²) in [6.07, 6.45) is -4.86. The molecule has 0 unspecified atom stereocenters. The number of hydrogen-bond donors (Lipinski definition) is 2. The van der Waals surface area contributed by atoms with Crippen LogP contribution in [0.4, 0.5) is 13.2 Å². The molecule has 11 heteroatoms. The molecule has 182 valence electrons. The summed E-state index contributed by atoms with van der Waals surface area (Å²) in [5.41, 5.74) is 2.09. The Hall–Kier alpha value is -3.18. The van der Waals surface area contributed by atoms with Crippen molar-refractivity contribution in [2.45, 2.75) is 51.0 Å². The normalized spacial score (nSPS) is 13.0. The van der Waals surface area contributed by atoms with Gasteiger partial charge in [-0.15, -0.1) is 0 Å². The zero-order valence-corrected chi connectivity index (χ0v) is 19.7. The molecule has 0 saturated carbocycles. The zero-order valence-electron chi connectivity index (χ0n) is 18.8. The first kappa shape index (κ1) is 25.4. The van der Waals surface area contributed by atoms with E-state index in [-0.39, 0.29) is 6.54 Å². The first-order chi connectivity index (χ1) is 15.9. The summed E-state index contributed by atoms with van der Waals surface area (Å²) in [5.74, 6) is -0.678. The predicted molar refractivity (Wildman–Crippen MR) is 120 cm³/mol. The minimum atomic E-state index is -4.86. The highest BCUT2D eigenvalue weighted by Gasteiger charge is 2.37. The fourth-order valence-electron chi connectivity index (χ4n) is 3.51. The number of sulfonamides is 1. The van der Waals surface area contributed by atoms with Crippen molar-refractivity contribution in [2.24, 2.45) is 0 Å². The Morgan fingerprint density at radius 2 is 1.68 bits per heavy atom. The summed E-state index contributed by atoms with van der Waals surface area (Å²) >= 11 is 0. The molecule has 0 spiro atoms. The van der Waals surface area contributed by atoms with Gasteiger partial charge in [0.2, 0.25) is 15.9 Å². The number of halogens is 3. The number of benzene rings is 2. The molecule has 0 aliphatic carbocycles. The Balaban J connectivity index is 1.68. The molecule has 34 heavy (non-hydrogen) atoms. The molecule has 0 aliphatic heterocycles. The number of aryl methyl sites for hydroxylation is 1. The Bertz CT molecular complexity index is 1270. The van der Waals surface area contributed by atoms with Crippen molar-refractivity contribution in [1.29, 1.82) is 0 Å². The van der Waals surface area contributed by atoms with Crippen molar-refractivity contribution >= 4 is 15.9 Å². The summed E-state index contributed by atoms with van der Waals surface area (Å²) in [5, 5.41) is 7.14. The number of carbonyl (C=O) groups excluding carboxylic acids is 1. The van der Waals surface area contributed by atoms with Crippen molar-refractivity contribution in [2.75, 3.05) is 0 Å². The minimum Gasteiger partial charge on any atom is -0.351 e. The van der Waals surface area contributed by atoms with Gasteiger partial charge in [-0.2, -0.15) is 23.0 Å². The molecule has 1 amide bonds. The Kier molecular flexibility index (Phi) is 7.47. The maximum Gasteiger partial charge on any atom is 0.417 e. The molecule has 3 rings (SSSR count). The van der Waals surface area contributed by atoms with Gasteiger partial charge in [-0.05, 0) is 38.5 Å². The topological polar surface area (TPSA) is 93.1 Å². The van der Waals surface area contributed by atoms with Crippen LogP contribution in [0.2, 0.25) is 0 Å². The fourth-order valence-corrected chi connectivity index (χ4v) is 4.94. The number of amides is 1. The molecule has 1 aromatic heterocycles. The summed E-state index contributed by atoms with van der Waals surface area (Å²) in [7, 11) is -4.60. The quantitative estimate of drug-likeness (QED) is 0.501. The molecule has 0 aliphatic rings. The van der Waals surface area contributed by atoms with Crippen LogP contribution in [0.15, 0.2) is 59.5 Å². The standard InChI is InChI=1S/C23H25F3N4O3S/c1-15-19(17(3)30(28-15)14-18-9-5-4-6-10-18)13-27-22(31)16(2)29-34(32,33)21-12-8-7-11-20(21)23(24,25)26/h4-12,16,29H,13-14H2,1-3H3,(H,27,31)/t16-/m0/s1. The first-order valence-corrected chi connectivity index (χ1v) is 11.9. The minimum absolute atomic E-state index is 0.0937. The van der Waals surface area contributed by atoms with Crippen molar-refractivity contribution in [3.63, 3.8) is 0 Å². The number of rotatable bonds is 8. The van der Waals surface area contributed by atoms with E-state index in [1.54, 1.807) is 6.92 Å². The van der Waals surface area contributed by atoms with Crippen LogP contribution in [-0.2, 0) is 34.1 Å². The molecule has 0 saturated heterocycles. The van der Waals surface area contributed by atoms with Crippen molar-refractivity contribution in [3.8, 4) is 0 Å². The average Bonchev–Trinajstić information content (AvgIpc) is 3.04. The van der Waals surface area contributed by atoms with Gasteiger partial charge in [0.25, 0.3) is 0 Å². The monoisotopic (exact) mass is 494 g/mol. The van der Waals surface area contributed by atoms with Crippen molar-refractivity contribution in [3.05, 3.63) is 82.7 Å². The predicted octanol–water partition coefficient (Wildman–Crippen LogP) is 3.55. The van der Waals surface area contributed by atoms with E-state index in [0.29, 0.717) is 18.3 Å². The maximum atomic E-state index is 13.2. The van der Waals surface area contributed by atoms with Gasteiger partial charge in [0.1, 0.15) is 0 Å². The van der Waals surface area contributed by atoms with Crippen LogP contribution in [0.3, 0.4) is 0 Å². The van der Waals surface area contributed by atoms with E-state index < -0.39 is 38.6 Å². The average molecular weight is 495 g/mol. The summed E-state index contributed by atoms with van der Waals surface area (Å²) < 4.78 is 68.6. The lowest BCUT2D eigenvalue weighted by atomic mass is 10.2. The second-order valence-electron chi connectivity index (χ2n) is 7.85. The lowest BCUT2D eigenvalue weighted by Gasteiger charge is -2.17. The second-order valence-corrected chi connectivity index (χ2v) is 9.53. The number of aromatic nitrogens is 2. The van der Waals surface area contributed by atoms with E-state index in [1.165, 1.54) is 13.0 Å². The van der Waals surface area contributed by atoms with E-state index >= 15 is 0 Å². The molecular formula is C23H25F3N4O3S. The molecule has 2 N–H and O–H groups in total.